The molecule has 0 saturated heterocycles. The minimum absolute atomic E-state index is 0.0327. The van der Waals surface area contributed by atoms with Crippen molar-refractivity contribution in [3.63, 3.8) is 0 Å². The highest BCUT2D eigenvalue weighted by Gasteiger charge is 2.10. The Bertz CT molecular complexity index is 680. The lowest BCUT2D eigenvalue weighted by Crippen LogP contribution is -1.93. The van der Waals surface area contributed by atoms with Gasteiger partial charge in [0.2, 0.25) is 0 Å². The molecule has 2 rings (SSSR count). The molecule has 100 valence electrons. The van der Waals surface area contributed by atoms with Crippen LogP contribution in [0.3, 0.4) is 0 Å². The van der Waals surface area contributed by atoms with E-state index in [2.05, 4.69) is 4.99 Å². The molecule has 0 fully saturated rings. The van der Waals surface area contributed by atoms with Crippen molar-refractivity contribution in [2.24, 2.45) is 4.99 Å². The SMILES string of the molecule is O=[N+]([O-])c1ccc(N=Cc2ccccc2[N+](=O)[O-])cc1. The Morgan fingerprint density at radius 1 is 0.900 bits per heavy atom. The molecule has 0 aromatic heterocycles. The first-order valence-corrected chi connectivity index (χ1v) is 5.60. The second kappa shape index (κ2) is 5.70. The molecule has 2 aromatic carbocycles. The summed E-state index contributed by atoms with van der Waals surface area (Å²) < 4.78 is 0. The molecule has 0 atom stereocenters. The molecule has 0 spiro atoms. The first-order valence-electron chi connectivity index (χ1n) is 5.60. The van der Waals surface area contributed by atoms with E-state index in [-0.39, 0.29) is 11.4 Å². The van der Waals surface area contributed by atoms with Gasteiger partial charge in [0.1, 0.15) is 0 Å². The maximum atomic E-state index is 10.8. The van der Waals surface area contributed by atoms with Gasteiger partial charge in [-0.3, -0.25) is 25.2 Å². The van der Waals surface area contributed by atoms with Crippen LogP contribution in [0, 0.1) is 20.2 Å². The van der Waals surface area contributed by atoms with Gasteiger partial charge in [-0.2, -0.15) is 0 Å². The molecule has 2 aromatic rings. The number of aliphatic imine (C=N–C) groups is 1. The Hall–Kier alpha value is -3.09. The Balaban J connectivity index is 2.25. The molecule has 0 saturated carbocycles. The Morgan fingerprint density at radius 3 is 2.15 bits per heavy atom. The highest BCUT2D eigenvalue weighted by Crippen LogP contribution is 2.20. The molecule has 0 heterocycles. The van der Waals surface area contributed by atoms with E-state index in [4.69, 9.17) is 0 Å². The summed E-state index contributed by atoms with van der Waals surface area (Å²) in [6.45, 7) is 0. The second-order valence-corrected chi connectivity index (χ2v) is 3.85. The van der Waals surface area contributed by atoms with Crippen molar-refractivity contribution >= 4 is 23.3 Å². The second-order valence-electron chi connectivity index (χ2n) is 3.85. The van der Waals surface area contributed by atoms with Crippen LogP contribution >= 0.6 is 0 Å². The standard InChI is InChI=1S/C13H9N3O4/c17-15(18)12-7-5-11(6-8-12)14-9-10-3-1-2-4-13(10)16(19)20/h1-9H. The van der Waals surface area contributed by atoms with Crippen molar-refractivity contribution in [1.29, 1.82) is 0 Å². The van der Waals surface area contributed by atoms with E-state index < -0.39 is 9.85 Å². The van der Waals surface area contributed by atoms with Crippen molar-refractivity contribution < 1.29 is 9.85 Å². The number of hydrogen-bond donors (Lipinski definition) is 0. The minimum atomic E-state index is -0.504. The number of hydrogen-bond acceptors (Lipinski definition) is 5. The third-order valence-corrected chi connectivity index (χ3v) is 2.55. The lowest BCUT2D eigenvalue weighted by atomic mass is 10.2. The maximum absolute atomic E-state index is 10.8. The molecule has 7 nitrogen and oxygen atoms in total. The monoisotopic (exact) mass is 271 g/mol. The van der Waals surface area contributed by atoms with Gasteiger partial charge < -0.3 is 0 Å². The Kier molecular flexibility index (Phi) is 3.80. The molecular weight excluding hydrogens is 262 g/mol. The van der Waals surface area contributed by atoms with Crippen molar-refractivity contribution in [2.75, 3.05) is 0 Å². The van der Waals surface area contributed by atoms with Gasteiger partial charge in [-0.15, -0.1) is 0 Å². The molecule has 20 heavy (non-hydrogen) atoms. The smallest absolute Gasteiger partial charge is 0.258 e. The van der Waals surface area contributed by atoms with E-state index in [9.17, 15) is 20.2 Å². The summed E-state index contributed by atoms with van der Waals surface area (Å²) in [4.78, 5) is 24.4. The van der Waals surface area contributed by atoms with Crippen LogP contribution in [0.5, 0.6) is 0 Å². The zero-order valence-electron chi connectivity index (χ0n) is 10.2. The van der Waals surface area contributed by atoms with Gasteiger partial charge in [0.25, 0.3) is 11.4 Å². The fourth-order valence-electron chi connectivity index (χ4n) is 1.57. The first kappa shape index (κ1) is 13.3. The zero-order valence-corrected chi connectivity index (χ0v) is 10.2. The number of nitrogens with zero attached hydrogens (tertiary/aromatic N) is 3. The summed E-state index contributed by atoms with van der Waals surface area (Å²) in [5, 5.41) is 21.3. The quantitative estimate of drug-likeness (QED) is 0.484. The maximum Gasteiger partial charge on any atom is 0.278 e. The predicted octanol–water partition coefficient (Wildman–Crippen LogP) is 3.25. The van der Waals surface area contributed by atoms with E-state index in [0.29, 0.717) is 11.3 Å². The first-order chi connectivity index (χ1) is 9.58. The van der Waals surface area contributed by atoms with Gasteiger partial charge in [-0.25, -0.2) is 0 Å². The summed E-state index contributed by atoms with van der Waals surface area (Å²) in [7, 11) is 0. The third kappa shape index (κ3) is 3.02. The minimum Gasteiger partial charge on any atom is -0.258 e. The predicted molar refractivity (Wildman–Crippen MR) is 73.4 cm³/mol. The van der Waals surface area contributed by atoms with Crippen LogP contribution in [0.2, 0.25) is 0 Å². The van der Waals surface area contributed by atoms with Gasteiger partial charge in [0.05, 0.1) is 21.1 Å². The van der Waals surface area contributed by atoms with Gasteiger partial charge in [0, 0.05) is 24.4 Å². The number of benzene rings is 2. The fraction of sp³-hybridized carbons (Fsp3) is 0. The van der Waals surface area contributed by atoms with Gasteiger partial charge in [0.15, 0.2) is 0 Å². The molecule has 0 amide bonds. The van der Waals surface area contributed by atoms with Crippen LogP contribution in [-0.2, 0) is 0 Å². The lowest BCUT2D eigenvalue weighted by molar-refractivity contribution is -0.385. The number of para-hydroxylation sites is 1. The molecule has 0 unspecified atom stereocenters. The van der Waals surface area contributed by atoms with Crippen molar-refractivity contribution in [1.82, 2.24) is 0 Å². The average Bonchev–Trinajstić information content (AvgIpc) is 2.45. The van der Waals surface area contributed by atoms with Crippen LogP contribution in [0.25, 0.3) is 0 Å². The lowest BCUT2D eigenvalue weighted by Gasteiger charge is -1.96. The molecule has 0 aliphatic rings. The summed E-state index contributed by atoms with van der Waals surface area (Å²) in [5.74, 6) is 0. The van der Waals surface area contributed by atoms with Crippen molar-refractivity contribution in [3.8, 4) is 0 Å². The van der Waals surface area contributed by atoms with Gasteiger partial charge in [-0.05, 0) is 18.2 Å². The van der Waals surface area contributed by atoms with Gasteiger partial charge >= 0.3 is 0 Å². The molecule has 0 bridgehead atoms. The van der Waals surface area contributed by atoms with Crippen LogP contribution in [0.15, 0.2) is 53.5 Å². The summed E-state index contributed by atoms with van der Waals surface area (Å²) in [5.41, 5.74) is 0.775. The number of non-ortho nitro benzene ring substituents is 1. The molecule has 0 aliphatic carbocycles. The topological polar surface area (TPSA) is 98.6 Å². The third-order valence-electron chi connectivity index (χ3n) is 2.55. The highest BCUT2D eigenvalue weighted by molar-refractivity contribution is 5.87. The van der Waals surface area contributed by atoms with E-state index in [1.165, 1.54) is 36.5 Å². The van der Waals surface area contributed by atoms with Gasteiger partial charge in [-0.1, -0.05) is 12.1 Å². The van der Waals surface area contributed by atoms with Crippen molar-refractivity contribution in [2.45, 2.75) is 0 Å². The summed E-state index contributed by atoms with van der Waals surface area (Å²) >= 11 is 0. The number of rotatable bonds is 4. The largest absolute Gasteiger partial charge is 0.278 e. The fourth-order valence-corrected chi connectivity index (χ4v) is 1.57. The van der Waals surface area contributed by atoms with E-state index >= 15 is 0 Å². The van der Waals surface area contributed by atoms with E-state index in [1.807, 2.05) is 0 Å². The summed E-state index contributed by atoms with van der Waals surface area (Å²) in [6, 6.07) is 11.8. The van der Waals surface area contributed by atoms with Crippen LogP contribution < -0.4 is 0 Å². The van der Waals surface area contributed by atoms with Crippen LogP contribution in [-0.4, -0.2) is 16.1 Å². The number of nitro benzene ring substituents is 2. The zero-order chi connectivity index (χ0) is 14.5. The van der Waals surface area contributed by atoms with E-state index in [1.54, 1.807) is 18.2 Å². The normalized spacial score (nSPS) is 10.6. The number of nitro groups is 2. The average molecular weight is 271 g/mol. The molecular formula is C13H9N3O4. The summed E-state index contributed by atoms with van der Waals surface area (Å²) in [6.07, 6.45) is 1.36. The van der Waals surface area contributed by atoms with Crippen molar-refractivity contribution in [3.05, 3.63) is 74.3 Å². The molecule has 0 aliphatic heterocycles. The molecule has 0 radical (unpaired) electrons. The molecule has 7 heteroatoms. The van der Waals surface area contributed by atoms with Crippen LogP contribution in [0.4, 0.5) is 17.1 Å². The van der Waals surface area contributed by atoms with Crippen LogP contribution in [0.1, 0.15) is 5.56 Å². The van der Waals surface area contributed by atoms with E-state index in [0.717, 1.165) is 0 Å². The highest BCUT2D eigenvalue weighted by atomic mass is 16.6. The molecule has 0 N–H and O–H groups in total. The Labute approximate surface area is 113 Å². The Morgan fingerprint density at radius 2 is 1.55 bits per heavy atom.